The molecule has 6 nitrogen and oxygen atoms in total. The van der Waals surface area contributed by atoms with Gasteiger partial charge in [-0.15, -0.1) is 0 Å². The van der Waals surface area contributed by atoms with E-state index < -0.39 is 36.7 Å². The largest absolute Gasteiger partial charge is 0.416 e. The Morgan fingerprint density at radius 2 is 1.65 bits per heavy atom. The number of primary sulfonamides is 1. The predicted molar refractivity (Wildman–Crippen MR) is 87.5 cm³/mol. The van der Waals surface area contributed by atoms with Gasteiger partial charge in [0, 0.05) is 6.54 Å². The first-order valence-corrected chi connectivity index (χ1v) is 10.2. The minimum absolute atomic E-state index is 0.0119. The minimum atomic E-state index is -4.67. The number of fused-ring (bicyclic) bond motifs is 1. The molecule has 0 saturated heterocycles. The summed E-state index contributed by atoms with van der Waals surface area (Å²) in [5.74, 6) is 0. The van der Waals surface area contributed by atoms with Crippen LogP contribution in [-0.2, 0) is 32.6 Å². The number of benzene rings is 2. The van der Waals surface area contributed by atoms with E-state index in [9.17, 15) is 30.0 Å². The average molecular weight is 406 g/mol. The fourth-order valence-corrected chi connectivity index (χ4v) is 4.85. The Labute approximate surface area is 148 Å². The molecule has 0 bridgehead atoms. The Bertz CT molecular complexity index is 1080. The van der Waals surface area contributed by atoms with Gasteiger partial charge >= 0.3 is 6.18 Å². The fraction of sp³-hybridized carbons (Fsp3) is 0.200. The molecule has 0 amide bonds. The van der Waals surface area contributed by atoms with E-state index in [1.165, 1.54) is 12.1 Å². The van der Waals surface area contributed by atoms with Gasteiger partial charge in [-0.05, 0) is 48.4 Å². The van der Waals surface area contributed by atoms with Crippen molar-refractivity contribution in [2.75, 3.05) is 10.8 Å². The zero-order valence-electron chi connectivity index (χ0n) is 13.1. The molecule has 0 aromatic heterocycles. The maximum absolute atomic E-state index is 12.9. The zero-order chi connectivity index (χ0) is 19.3. The third-order valence-corrected chi connectivity index (χ3v) is 6.70. The monoisotopic (exact) mass is 406 g/mol. The van der Waals surface area contributed by atoms with Gasteiger partial charge in [0.2, 0.25) is 10.0 Å². The van der Waals surface area contributed by atoms with E-state index in [1.807, 2.05) is 0 Å². The van der Waals surface area contributed by atoms with Crippen molar-refractivity contribution in [3.8, 4) is 0 Å². The Balaban J connectivity index is 2.04. The Hall–Kier alpha value is -2.11. The van der Waals surface area contributed by atoms with Crippen molar-refractivity contribution >= 4 is 25.7 Å². The van der Waals surface area contributed by atoms with Gasteiger partial charge in [-0.3, -0.25) is 4.31 Å². The van der Waals surface area contributed by atoms with E-state index in [0.717, 1.165) is 28.6 Å². The van der Waals surface area contributed by atoms with Crippen LogP contribution in [0.5, 0.6) is 0 Å². The van der Waals surface area contributed by atoms with Crippen LogP contribution in [0.15, 0.2) is 52.3 Å². The number of hydrogen-bond donors (Lipinski definition) is 1. The predicted octanol–water partition coefficient (Wildman–Crippen LogP) is 2.10. The molecule has 1 aliphatic heterocycles. The lowest BCUT2D eigenvalue weighted by molar-refractivity contribution is -0.137. The first-order chi connectivity index (χ1) is 11.9. The van der Waals surface area contributed by atoms with Crippen LogP contribution in [0.25, 0.3) is 0 Å². The Kier molecular flexibility index (Phi) is 4.28. The molecular weight excluding hydrogens is 393 g/mol. The molecule has 2 aromatic carbocycles. The van der Waals surface area contributed by atoms with E-state index in [1.54, 1.807) is 0 Å². The maximum Gasteiger partial charge on any atom is 0.416 e. The van der Waals surface area contributed by atoms with Gasteiger partial charge in [0.1, 0.15) is 0 Å². The first-order valence-electron chi connectivity index (χ1n) is 7.26. The molecule has 1 heterocycles. The normalized spacial score (nSPS) is 15.2. The zero-order valence-corrected chi connectivity index (χ0v) is 14.7. The van der Waals surface area contributed by atoms with Crippen LogP contribution in [-0.4, -0.2) is 23.4 Å². The number of nitrogens with two attached hydrogens (primary N) is 1. The van der Waals surface area contributed by atoms with Crippen LogP contribution >= 0.6 is 0 Å². The van der Waals surface area contributed by atoms with E-state index in [-0.39, 0.29) is 23.5 Å². The molecule has 0 unspecified atom stereocenters. The fourth-order valence-electron chi connectivity index (χ4n) is 2.73. The summed E-state index contributed by atoms with van der Waals surface area (Å²) in [6.45, 7) is -0.0119. The number of hydrogen-bond acceptors (Lipinski definition) is 4. The molecule has 0 aliphatic carbocycles. The van der Waals surface area contributed by atoms with E-state index in [4.69, 9.17) is 5.14 Å². The summed E-state index contributed by atoms with van der Waals surface area (Å²) in [4.78, 5) is -0.648. The number of nitrogens with zero attached hydrogens (tertiary/aromatic N) is 1. The summed E-state index contributed by atoms with van der Waals surface area (Å²) in [7, 11) is -8.18. The standard InChI is InChI=1S/C15H13F3N2O4S2/c16-15(17,18)11-2-1-3-13(9-11)26(23,24)20-7-6-10-8-12(25(19,21)22)4-5-14(10)20/h1-5,8-9H,6-7H2,(H2,19,21,22). The van der Waals surface area contributed by atoms with E-state index in [2.05, 4.69) is 0 Å². The molecule has 3 rings (SSSR count). The SMILES string of the molecule is NS(=O)(=O)c1ccc2c(c1)CCN2S(=O)(=O)c1cccc(C(F)(F)F)c1. The van der Waals surface area contributed by atoms with Crippen molar-refractivity contribution in [1.82, 2.24) is 0 Å². The summed E-state index contributed by atoms with van der Waals surface area (Å²) >= 11 is 0. The number of halogens is 3. The average Bonchev–Trinajstić information content (AvgIpc) is 2.97. The summed E-state index contributed by atoms with van der Waals surface area (Å²) in [5.41, 5.74) is -0.413. The highest BCUT2D eigenvalue weighted by Crippen LogP contribution is 2.36. The lowest BCUT2D eigenvalue weighted by atomic mass is 10.2. The highest BCUT2D eigenvalue weighted by atomic mass is 32.2. The van der Waals surface area contributed by atoms with Crippen molar-refractivity contribution in [2.45, 2.75) is 22.4 Å². The van der Waals surface area contributed by atoms with Gasteiger partial charge in [0.15, 0.2) is 0 Å². The number of rotatable bonds is 3. The maximum atomic E-state index is 12.9. The van der Waals surface area contributed by atoms with Gasteiger partial charge in [0.25, 0.3) is 10.0 Å². The summed E-state index contributed by atoms with van der Waals surface area (Å²) in [5, 5.41) is 5.05. The topological polar surface area (TPSA) is 97.5 Å². The van der Waals surface area contributed by atoms with Crippen molar-refractivity contribution in [3.63, 3.8) is 0 Å². The highest BCUT2D eigenvalue weighted by molar-refractivity contribution is 7.92. The highest BCUT2D eigenvalue weighted by Gasteiger charge is 2.35. The van der Waals surface area contributed by atoms with Crippen LogP contribution in [0.3, 0.4) is 0 Å². The molecule has 0 spiro atoms. The molecule has 26 heavy (non-hydrogen) atoms. The second-order valence-electron chi connectivity index (χ2n) is 5.69. The van der Waals surface area contributed by atoms with Gasteiger partial charge < -0.3 is 0 Å². The lowest BCUT2D eigenvalue weighted by Gasteiger charge is -2.20. The molecule has 0 atom stereocenters. The molecule has 2 aromatic rings. The van der Waals surface area contributed by atoms with E-state index >= 15 is 0 Å². The number of sulfonamides is 2. The van der Waals surface area contributed by atoms with Crippen LogP contribution in [0.4, 0.5) is 18.9 Å². The quantitative estimate of drug-likeness (QED) is 0.844. The van der Waals surface area contributed by atoms with Crippen LogP contribution < -0.4 is 9.44 Å². The second-order valence-corrected chi connectivity index (χ2v) is 9.11. The molecule has 2 N–H and O–H groups in total. The van der Waals surface area contributed by atoms with E-state index in [0.29, 0.717) is 11.6 Å². The number of anilines is 1. The van der Waals surface area contributed by atoms with Gasteiger partial charge in [0.05, 0.1) is 21.0 Å². The van der Waals surface area contributed by atoms with Crippen LogP contribution in [0, 0.1) is 0 Å². The van der Waals surface area contributed by atoms with Crippen molar-refractivity contribution < 1.29 is 30.0 Å². The summed E-state index contributed by atoms with van der Waals surface area (Å²) in [6.07, 6.45) is -4.45. The molecular formula is C15H13F3N2O4S2. The number of alkyl halides is 3. The smallest absolute Gasteiger partial charge is 0.266 e. The van der Waals surface area contributed by atoms with Crippen LogP contribution in [0.1, 0.15) is 11.1 Å². The Morgan fingerprint density at radius 1 is 0.962 bits per heavy atom. The molecule has 11 heteroatoms. The second kappa shape index (κ2) is 5.96. The third-order valence-electron chi connectivity index (χ3n) is 3.98. The van der Waals surface area contributed by atoms with Gasteiger partial charge in [-0.25, -0.2) is 22.0 Å². The van der Waals surface area contributed by atoms with Crippen molar-refractivity contribution in [3.05, 3.63) is 53.6 Å². The molecule has 0 fully saturated rings. The third kappa shape index (κ3) is 3.29. The Morgan fingerprint density at radius 3 is 2.27 bits per heavy atom. The summed E-state index contributed by atoms with van der Waals surface area (Å²) in [6, 6.07) is 7.19. The molecule has 0 radical (unpaired) electrons. The lowest BCUT2D eigenvalue weighted by Crippen LogP contribution is -2.29. The molecule has 0 saturated carbocycles. The first kappa shape index (κ1) is 18.7. The van der Waals surface area contributed by atoms with Crippen LogP contribution in [0.2, 0.25) is 0 Å². The van der Waals surface area contributed by atoms with Gasteiger partial charge in [-0.1, -0.05) is 6.07 Å². The molecule has 1 aliphatic rings. The van der Waals surface area contributed by atoms with Crippen molar-refractivity contribution in [1.29, 1.82) is 0 Å². The van der Waals surface area contributed by atoms with Crippen molar-refractivity contribution in [2.24, 2.45) is 5.14 Å². The minimum Gasteiger partial charge on any atom is -0.266 e. The van der Waals surface area contributed by atoms with Gasteiger partial charge in [-0.2, -0.15) is 13.2 Å². The molecule has 140 valence electrons. The summed E-state index contributed by atoms with van der Waals surface area (Å²) < 4.78 is 87.9.